The van der Waals surface area contributed by atoms with E-state index in [1.807, 2.05) is 0 Å². The Hall–Kier alpha value is -0.0400. The van der Waals surface area contributed by atoms with Gasteiger partial charge >= 0.3 is 0 Å². The van der Waals surface area contributed by atoms with Gasteiger partial charge in [0.1, 0.15) is 0 Å². The van der Waals surface area contributed by atoms with Crippen LogP contribution >= 0.6 is 0 Å². The lowest BCUT2D eigenvalue weighted by molar-refractivity contribution is 0.205. The van der Waals surface area contributed by atoms with E-state index >= 15 is 0 Å². The number of rotatable bonds is 2. The predicted octanol–water partition coefficient (Wildman–Crippen LogP) is 3.19. The first-order valence-corrected chi connectivity index (χ1v) is 6.28. The van der Waals surface area contributed by atoms with Crippen LogP contribution in [0.1, 0.15) is 52.9 Å². The highest BCUT2D eigenvalue weighted by atomic mass is 14.8. The molecule has 2 fully saturated rings. The zero-order valence-corrected chi connectivity index (χ0v) is 9.97. The summed E-state index contributed by atoms with van der Waals surface area (Å²) in [4.78, 5) is 0. The van der Waals surface area contributed by atoms with Crippen molar-refractivity contribution in [2.24, 2.45) is 28.4 Å². The van der Waals surface area contributed by atoms with Gasteiger partial charge in [-0.05, 0) is 54.9 Å². The van der Waals surface area contributed by atoms with E-state index in [0.29, 0.717) is 10.8 Å². The van der Waals surface area contributed by atoms with E-state index in [-0.39, 0.29) is 0 Å². The highest BCUT2D eigenvalue weighted by Gasteiger charge is 2.69. The first-order chi connectivity index (χ1) is 6.58. The summed E-state index contributed by atoms with van der Waals surface area (Å²) in [7, 11) is 0. The minimum Gasteiger partial charge on any atom is -0.330 e. The Labute approximate surface area is 88.4 Å². The van der Waals surface area contributed by atoms with Crippen LogP contribution in [0.15, 0.2) is 0 Å². The van der Waals surface area contributed by atoms with Gasteiger partial charge in [0.2, 0.25) is 0 Å². The van der Waals surface area contributed by atoms with Crippen LogP contribution in [0.5, 0.6) is 0 Å². The maximum atomic E-state index is 5.88. The van der Waals surface area contributed by atoms with E-state index in [4.69, 9.17) is 5.73 Å². The molecule has 2 rings (SSSR count). The molecule has 0 amide bonds. The van der Waals surface area contributed by atoms with Gasteiger partial charge in [-0.3, -0.25) is 0 Å². The van der Waals surface area contributed by atoms with Crippen molar-refractivity contribution in [1.82, 2.24) is 0 Å². The van der Waals surface area contributed by atoms with Gasteiger partial charge in [0.25, 0.3) is 0 Å². The molecule has 1 nitrogen and oxygen atoms in total. The fourth-order valence-electron chi connectivity index (χ4n) is 4.18. The molecule has 2 aliphatic rings. The normalized spacial score (nSPS) is 45.4. The molecule has 2 aliphatic carbocycles. The van der Waals surface area contributed by atoms with Gasteiger partial charge < -0.3 is 5.73 Å². The van der Waals surface area contributed by atoms with Crippen molar-refractivity contribution in [3.8, 4) is 0 Å². The number of hydrogen-bond donors (Lipinski definition) is 1. The van der Waals surface area contributed by atoms with Gasteiger partial charge in [0.15, 0.2) is 0 Å². The molecular weight excluding hydrogens is 170 g/mol. The van der Waals surface area contributed by atoms with Crippen LogP contribution in [0.2, 0.25) is 0 Å². The quantitative estimate of drug-likeness (QED) is 0.719. The molecule has 0 bridgehead atoms. The number of hydrogen-bond acceptors (Lipinski definition) is 1. The molecule has 1 unspecified atom stereocenters. The van der Waals surface area contributed by atoms with Gasteiger partial charge in [-0.2, -0.15) is 0 Å². The van der Waals surface area contributed by atoms with Crippen LogP contribution in [0.3, 0.4) is 0 Å². The molecule has 14 heavy (non-hydrogen) atoms. The Morgan fingerprint density at radius 2 is 1.79 bits per heavy atom. The van der Waals surface area contributed by atoms with E-state index < -0.39 is 0 Å². The number of nitrogens with two attached hydrogens (primary N) is 1. The highest BCUT2D eigenvalue weighted by molar-refractivity contribution is 5.18. The average Bonchev–Trinajstić information content (AvgIpc) is 2.63. The first-order valence-electron chi connectivity index (χ1n) is 6.28. The van der Waals surface area contributed by atoms with Crippen molar-refractivity contribution in [2.45, 2.75) is 52.9 Å². The lowest BCUT2D eigenvalue weighted by atomic mass is 9.75. The second-order valence-corrected chi connectivity index (χ2v) is 6.02. The third-order valence-electron chi connectivity index (χ3n) is 5.55. The van der Waals surface area contributed by atoms with Gasteiger partial charge in [-0.15, -0.1) is 0 Å². The Morgan fingerprint density at radius 1 is 1.21 bits per heavy atom. The van der Waals surface area contributed by atoms with E-state index in [9.17, 15) is 0 Å². The molecule has 1 atom stereocenters. The van der Waals surface area contributed by atoms with Gasteiger partial charge in [0, 0.05) is 0 Å². The molecule has 0 aromatic rings. The van der Waals surface area contributed by atoms with E-state index in [2.05, 4.69) is 20.8 Å². The average molecular weight is 195 g/mol. The third-order valence-corrected chi connectivity index (χ3v) is 5.55. The molecule has 2 saturated carbocycles. The molecular formula is C13H25N. The van der Waals surface area contributed by atoms with Crippen molar-refractivity contribution >= 4 is 0 Å². The fraction of sp³-hybridized carbons (Fsp3) is 1.00. The Morgan fingerprint density at radius 3 is 2.14 bits per heavy atom. The molecule has 1 heteroatoms. The lowest BCUT2D eigenvalue weighted by Gasteiger charge is -2.31. The van der Waals surface area contributed by atoms with Crippen LogP contribution in [-0.2, 0) is 0 Å². The zero-order chi connectivity index (χ0) is 10.4. The molecule has 2 N–H and O–H groups in total. The molecule has 0 saturated heterocycles. The minimum atomic E-state index is 0.542. The van der Waals surface area contributed by atoms with Crippen molar-refractivity contribution in [2.75, 3.05) is 6.54 Å². The molecule has 0 heterocycles. The van der Waals surface area contributed by atoms with E-state index in [1.165, 1.54) is 32.1 Å². The van der Waals surface area contributed by atoms with Crippen LogP contribution < -0.4 is 5.73 Å². The van der Waals surface area contributed by atoms with Crippen LogP contribution in [0.25, 0.3) is 0 Å². The maximum absolute atomic E-state index is 5.88. The first kappa shape index (κ1) is 10.5. The van der Waals surface area contributed by atoms with Crippen molar-refractivity contribution in [1.29, 1.82) is 0 Å². The topological polar surface area (TPSA) is 26.0 Å². The summed E-state index contributed by atoms with van der Waals surface area (Å²) in [5.41, 5.74) is 7.07. The second kappa shape index (κ2) is 3.23. The second-order valence-electron chi connectivity index (χ2n) is 6.02. The standard InChI is InChI=1S/C13H25N/c1-4-10-5-7-13(8-6-10)11(9-14)12(13,2)3/h10-11H,4-9,14H2,1-3H3. The summed E-state index contributed by atoms with van der Waals surface area (Å²) in [6.07, 6.45) is 7.18. The smallest absolute Gasteiger partial charge is 0.00380 e. The molecule has 0 aromatic carbocycles. The van der Waals surface area contributed by atoms with Crippen molar-refractivity contribution in [3.63, 3.8) is 0 Å². The summed E-state index contributed by atoms with van der Waals surface area (Å²) in [5, 5.41) is 0. The largest absolute Gasteiger partial charge is 0.330 e. The molecule has 1 spiro atoms. The fourth-order valence-corrected chi connectivity index (χ4v) is 4.18. The predicted molar refractivity (Wildman–Crippen MR) is 61.0 cm³/mol. The van der Waals surface area contributed by atoms with Crippen LogP contribution in [0.4, 0.5) is 0 Å². The summed E-state index contributed by atoms with van der Waals surface area (Å²) in [6.45, 7) is 8.10. The Balaban J connectivity index is 2.01. The maximum Gasteiger partial charge on any atom is -0.00380 e. The van der Waals surface area contributed by atoms with Crippen molar-refractivity contribution in [3.05, 3.63) is 0 Å². The Bertz CT molecular complexity index is 211. The third kappa shape index (κ3) is 1.18. The van der Waals surface area contributed by atoms with Crippen molar-refractivity contribution < 1.29 is 0 Å². The monoisotopic (exact) mass is 195 g/mol. The zero-order valence-electron chi connectivity index (χ0n) is 9.97. The van der Waals surface area contributed by atoms with Crippen LogP contribution in [0, 0.1) is 22.7 Å². The van der Waals surface area contributed by atoms with Gasteiger partial charge in [-0.25, -0.2) is 0 Å². The molecule has 0 aliphatic heterocycles. The summed E-state index contributed by atoms with van der Waals surface area (Å²) in [5.74, 6) is 1.82. The lowest BCUT2D eigenvalue weighted by Crippen LogP contribution is -2.20. The molecule has 82 valence electrons. The highest BCUT2D eigenvalue weighted by Crippen LogP contribution is 2.74. The summed E-state index contributed by atoms with van der Waals surface area (Å²) < 4.78 is 0. The van der Waals surface area contributed by atoms with Crippen LogP contribution in [-0.4, -0.2) is 6.54 Å². The van der Waals surface area contributed by atoms with Gasteiger partial charge in [-0.1, -0.05) is 27.2 Å². The molecule has 0 radical (unpaired) electrons. The van der Waals surface area contributed by atoms with E-state index in [0.717, 1.165) is 18.4 Å². The summed E-state index contributed by atoms with van der Waals surface area (Å²) in [6, 6.07) is 0. The summed E-state index contributed by atoms with van der Waals surface area (Å²) >= 11 is 0. The Kier molecular flexibility index (Phi) is 2.42. The molecule has 0 aromatic heterocycles. The van der Waals surface area contributed by atoms with E-state index in [1.54, 1.807) is 0 Å². The SMILES string of the molecule is CCC1CCC2(CC1)C(CN)C2(C)C. The van der Waals surface area contributed by atoms with Gasteiger partial charge in [0.05, 0.1) is 0 Å². The minimum absolute atomic E-state index is 0.542.